The van der Waals surface area contributed by atoms with Crippen molar-refractivity contribution in [2.24, 2.45) is 0 Å². The van der Waals surface area contributed by atoms with E-state index in [1.165, 1.54) is 0 Å². The van der Waals surface area contributed by atoms with Crippen molar-refractivity contribution in [2.75, 3.05) is 6.54 Å². The number of carbonyl (C=O) groups is 3. The molecule has 1 aliphatic heterocycles. The van der Waals surface area contributed by atoms with E-state index in [9.17, 15) is 14.4 Å². The van der Waals surface area contributed by atoms with E-state index >= 15 is 0 Å². The molecule has 2 rings (SSSR count). The number of urea groups is 1. The number of benzene rings is 1. The molecular formula is C13H12N2O4. The zero-order valence-electron chi connectivity index (χ0n) is 10.00. The Labute approximate surface area is 109 Å². The SMILES string of the molecule is O=C(O)CCN1C(=O)NC(=Cc2ccccc2)C1=O. The number of carboxylic acids is 1. The number of imide groups is 1. The summed E-state index contributed by atoms with van der Waals surface area (Å²) in [4.78, 5) is 34.8. The number of carboxylic acid groups (broad SMARTS) is 1. The van der Waals surface area contributed by atoms with E-state index in [2.05, 4.69) is 5.32 Å². The Morgan fingerprint density at radius 3 is 2.58 bits per heavy atom. The summed E-state index contributed by atoms with van der Waals surface area (Å²) in [6.07, 6.45) is 1.29. The van der Waals surface area contributed by atoms with Gasteiger partial charge in [0.25, 0.3) is 5.91 Å². The van der Waals surface area contributed by atoms with Gasteiger partial charge in [0.2, 0.25) is 0 Å². The second kappa shape index (κ2) is 5.34. The molecule has 0 bridgehead atoms. The second-order valence-corrected chi connectivity index (χ2v) is 4.00. The summed E-state index contributed by atoms with van der Waals surface area (Å²) in [5.41, 5.74) is 0.938. The number of nitrogens with zero attached hydrogens (tertiary/aromatic N) is 1. The molecule has 6 heteroatoms. The van der Waals surface area contributed by atoms with Gasteiger partial charge in [-0.15, -0.1) is 0 Å². The van der Waals surface area contributed by atoms with Gasteiger partial charge in [0.1, 0.15) is 5.70 Å². The number of aliphatic carboxylic acids is 1. The van der Waals surface area contributed by atoms with E-state index in [0.29, 0.717) is 0 Å². The van der Waals surface area contributed by atoms with E-state index in [4.69, 9.17) is 5.11 Å². The lowest BCUT2D eigenvalue weighted by molar-refractivity contribution is -0.137. The lowest BCUT2D eigenvalue weighted by Crippen LogP contribution is -2.32. The van der Waals surface area contributed by atoms with E-state index in [1.807, 2.05) is 18.2 Å². The Kier molecular flexibility index (Phi) is 3.61. The van der Waals surface area contributed by atoms with Gasteiger partial charge in [-0.05, 0) is 11.6 Å². The zero-order chi connectivity index (χ0) is 13.8. The molecule has 1 saturated heterocycles. The lowest BCUT2D eigenvalue weighted by Gasteiger charge is -2.08. The fraction of sp³-hybridized carbons (Fsp3) is 0.154. The fourth-order valence-corrected chi connectivity index (χ4v) is 1.70. The highest BCUT2D eigenvalue weighted by atomic mass is 16.4. The molecule has 1 heterocycles. The van der Waals surface area contributed by atoms with Crippen LogP contribution in [0.15, 0.2) is 36.0 Å². The molecule has 1 aliphatic rings. The quantitative estimate of drug-likeness (QED) is 0.626. The smallest absolute Gasteiger partial charge is 0.329 e. The first kappa shape index (κ1) is 12.8. The van der Waals surface area contributed by atoms with Crippen LogP contribution in [-0.2, 0) is 9.59 Å². The highest BCUT2D eigenvalue weighted by Crippen LogP contribution is 2.14. The molecule has 0 spiro atoms. The van der Waals surface area contributed by atoms with Crippen LogP contribution in [0.5, 0.6) is 0 Å². The minimum Gasteiger partial charge on any atom is -0.481 e. The molecule has 2 N–H and O–H groups in total. The maximum absolute atomic E-state index is 11.9. The third kappa shape index (κ3) is 2.98. The maximum atomic E-state index is 11.9. The topological polar surface area (TPSA) is 86.7 Å². The Morgan fingerprint density at radius 2 is 1.95 bits per heavy atom. The summed E-state index contributed by atoms with van der Waals surface area (Å²) in [6.45, 7) is -0.133. The minimum atomic E-state index is -1.05. The van der Waals surface area contributed by atoms with Crippen molar-refractivity contribution in [1.29, 1.82) is 0 Å². The molecule has 0 saturated carbocycles. The molecule has 1 aromatic rings. The van der Waals surface area contributed by atoms with Gasteiger partial charge in [-0.3, -0.25) is 14.5 Å². The van der Waals surface area contributed by atoms with Gasteiger partial charge in [-0.2, -0.15) is 0 Å². The summed E-state index contributed by atoms with van der Waals surface area (Å²) in [6, 6.07) is 8.48. The van der Waals surface area contributed by atoms with E-state index in [1.54, 1.807) is 18.2 Å². The molecule has 0 aromatic heterocycles. The average molecular weight is 260 g/mol. The van der Waals surface area contributed by atoms with Crippen LogP contribution in [-0.4, -0.2) is 34.5 Å². The van der Waals surface area contributed by atoms with Crippen molar-refractivity contribution in [2.45, 2.75) is 6.42 Å². The van der Waals surface area contributed by atoms with Crippen molar-refractivity contribution in [1.82, 2.24) is 10.2 Å². The van der Waals surface area contributed by atoms with Crippen LogP contribution in [0.1, 0.15) is 12.0 Å². The number of hydrogen-bond acceptors (Lipinski definition) is 3. The van der Waals surface area contributed by atoms with Gasteiger partial charge in [-0.25, -0.2) is 4.79 Å². The Balaban J connectivity index is 2.14. The first-order chi connectivity index (χ1) is 9.08. The van der Waals surface area contributed by atoms with Gasteiger partial charge in [0.15, 0.2) is 0 Å². The van der Waals surface area contributed by atoms with Gasteiger partial charge in [0.05, 0.1) is 6.42 Å². The highest BCUT2D eigenvalue weighted by molar-refractivity contribution is 6.14. The molecule has 1 aromatic carbocycles. The number of carbonyl (C=O) groups excluding carboxylic acids is 2. The fourth-order valence-electron chi connectivity index (χ4n) is 1.70. The minimum absolute atomic E-state index is 0.133. The van der Waals surface area contributed by atoms with E-state index in [0.717, 1.165) is 10.5 Å². The molecule has 0 aliphatic carbocycles. The van der Waals surface area contributed by atoms with E-state index < -0.39 is 17.9 Å². The van der Waals surface area contributed by atoms with Crippen molar-refractivity contribution < 1.29 is 19.5 Å². The van der Waals surface area contributed by atoms with Gasteiger partial charge < -0.3 is 10.4 Å². The third-order valence-corrected chi connectivity index (χ3v) is 2.62. The standard InChI is InChI=1S/C13H12N2O4/c16-11(17)6-7-15-12(18)10(14-13(15)19)8-9-4-2-1-3-5-9/h1-5,8H,6-7H2,(H,14,19)(H,16,17). The molecule has 6 nitrogen and oxygen atoms in total. The predicted octanol–water partition coefficient (Wildman–Crippen LogP) is 1.05. The van der Waals surface area contributed by atoms with Gasteiger partial charge in [-0.1, -0.05) is 30.3 Å². The summed E-state index contributed by atoms with van der Waals surface area (Å²) in [7, 11) is 0. The molecule has 1 fully saturated rings. The van der Waals surface area contributed by atoms with Crippen molar-refractivity contribution in [3.8, 4) is 0 Å². The van der Waals surface area contributed by atoms with E-state index in [-0.39, 0.29) is 18.7 Å². The molecule has 98 valence electrons. The number of hydrogen-bond donors (Lipinski definition) is 2. The Bertz CT molecular complexity index is 551. The van der Waals surface area contributed by atoms with Crippen LogP contribution in [0.3, 0.4) is 0 Å². The summed E-state index contributed by atoms with van der Waals surface area (Å²) < 4.78 is 0. The zero-order valence-corrected chi connectivity index (χ0v) is 10.00. The first-order valence-electron chi connectivity index (χ1n) is 5.69. The number of rotatable bonds is 4. The Hall–Kier alpha value is -2.63. The van der Waals surface area contributed by atoms with Crippen molar-refractivity contribution >= 4 is 24.0 Å². The molecule has 0 atom stereocenters. The molecule has 3 amide bonds. The average Bonchev–Trinajstić information content (AvgIpc) is 2.63. The van der Waals surface area contributed by atoms with Gasteiger partial charge in [0, 0.05) is 6.54 Å². The van der Waals surface area contributed by atoms with Crippen LogP contribution in [0.25, 0.3) is 6.08 Å². The number of nitrogens with one attached hydrogen (secondary N) is 1. The van der Waals surface area contributed by atoms with Crippen molar-refractivity contribution in [3.05, 3.63) is 41.6 Å². The maximum Gasteiger partial charge on any atom is 0.329 e. The lowest BCUT2D eigenvalue weighted by atomic mass is 10.2. The summed E-state index contributed by atoms with van der Waals surface area (Å²) in [5, 5.41) is 11.0. The second-order valence-electron chi connectivity index (χ2n) is 4.00. The summed E-state index contributed by atoms with van der Waals surface area (Å²) in [5.74, 6) is -1.56. The van der Waals surface area contributed by atoms with Crippen LogP contribution in [0.2, 0.25) is 0 Å². The molecule has 19 heavy (non-hydrogen) atoms. The normalized spacial score (nSPS) is 16.8. The Morgan fingerprint density at radius 1 is 1.26 bits per heavy atom. The summed E-state index contributed by atoms with van der Waals surface area (Å²) >= 11 is 0. The molecule has 0 unspecified atom stereocenters. The predicted molar refractivity (Wildman–Crippen MR) is 66.9 cm³/mol. The first-order valence-corrected chi connectivity index (χ1v) is 5.69. The van der Waals surface area contributed by atoms with Crippen LogP contribution in [0, 0.1) is 0 Å². The third-order valence-electron chi connectivity index (χ3n) is 2.62. The molecular weight excluding hydrogens is 248 g/mol. The van der Waals surface area contributed by atoms with Crippen LogP contribution >= 0.6 is 0 Å². The van der Waals surface area contributed by atoms with Crippen molar-refractivity contribution in [3.63, 3.8) is 0 Å². The van der Waals surface area contributed by atoms with Crippen LogP contribution < -0.4 is 5.32 Å². The van der Waals surface area contributed by atoms with Crippen LogP contribution in [0.4, 0.5) is 4.79 Å². The van der Waals surface area contributed by atoms with Gasteiger partial charge >= 0.3 is 12.0 Å². The number of amides is 3. The largest absolute Gasteiger partial charge is 0.481 e. The molecule has 0 radical (unpaired) electrons. The highest BCUT2D eigenvalue weighted by Gasteiger charge is 2.33. The monoisotopic (exact) mass is 260 g/mol.